The number of amides is 2. The molecule has 0 heterocycles. The molecule has 4 N–H and O–H groups in total. The number of unbranched alkanes of at least 4 members (excludes halogenated alkanes) is 11. The fourth-order valence-electron chi connectivity index (χ4n) is 5.34. The van der Waals surface area contributed by atoms with E-state index in [-0.39, 0.29) is 31.8 Å². The number of benzene rings is 2. The third kappa shape index (κ3) is 18.8. The molecule has 272 valence electrons. The maximum atomic E-state index is 13.7. The zero-order chi connectivity index (χ0) is 35.5. The standard InChI is InChI=1S/C39H59N3O6S/c1-3-5-6-7-8-9-10-11-12-13-14-21-28-48-39(46)36(32-24-19-16-20-25-32)42-37(44)34(30-49-29-31-22-17-15-18-23-31)41-35(43)27-26-33(40)38(45)47-4-2/h15-20,22-25,33-34,36H,3-14,21,26-30,40H2,1-2H3,(H,41,43)(H,42,44). The van der Waals surface area contributed by atoms with E-state index in [4.69, 9.17) is 15.2 Å². The van der Waals surface area contributed by atoms with Crippen LogP contribution in [0.15, 0.2) is 60.7 Å². The Morgan fingerprint density at radius 2 is 1.29 bits per heavy atom. The van der Waals surface area contributed by atoms with Gasteiger partial charge >= 0.3 is 11.9 Å². The van der Waals surface area contributed by atoms with Crippen LogP contribution in [0.5, 0.6) is 0 Å². The first-order chi connectivity index (χ1) is 23.8. The highest BCUT2D eigenvalue weighted by molar-refractivity contribution is 7.98. The van der Waals surface area contributed by atoms with Gasteiger partial charge < -0.3 is 25.8 Å². The van der Waals surface area contributed by atoms with Crippen LogP contribution >= 0.6 is 11.8 Å². The predicted molar refractivity (Wildman–Crippen MR) is 198 cm³/mol. The van der Waals surface area contributed by atoms with Crippen LogP contribution in [0.3, 0.4) is 0 Å². The number of ether oxygens (including phenoxy) is 2. The van der Waals surface area contributed by atoms with Crippen LogP contribution in [0.4, 0.5) is 0 Å². The second kappa shape index (κ2) is 26.5. The molecule has 0 saturated carbocycles. The van der Waals surface area contributed by atoms with Crippen molar-refractivity contribution in [3.05, 3.63) is 71.8 Å². The second-order valence-corrected chi connectivity index (χ2v) is 13.5. The highest BCUT2D eigenvalue weighted by Crippen LogP contribution is 2.18. The van der Waals surface area contributed by atoms with Crippen molar-refractivity contribution in [2.45, 2.75) is 128 Å². The molecular weight excluding hydrogens is 639 g/mol. The quantitative estimate of drug-likeness (QED) is 0.0660. The molecule has 2 rings (SSSR count). The second-order valence-electron chi connectivity index (χ2n) is 12.4. The first-order valence-corrected chi connectivity index (χ1v) is 19.4. The van der Waals surface area contributed by atoms with Crippen molar-refractivity contribution in [2.75, 3.05) is 19.0 Å². The van der Waals surface area contributed by atoms with Gasteiger partial charge in [0.05, 0.1) is 13.2 Å². The molecule has 0 radical (unpaired) electrons. The largest absolute Gasteiger partial charge is 0.465 e. The van der Waals surface area contributed by atoms with Crippen molar-refractivity contribution in [2.24, 2.45) is 5.73 Å². The lowest BCUT2D eigenvalue weighted by atomic mass is 10.1. The number of esters is 2. The van der Waals surface area contributed by atoms with E-state index >= 15 is 0 Å². The summed E-state index contributed by atoms with van der Waals surface area (Å²) in [7, 11) is 0. The summed E-state index contributed by atoms with van der Waals surface area (Å²) in [5, 5.41) is 5.63. The smallest absolute Gasteiger partial charge is 0.333 e. The molecule has 0 saturated heterocycles. The van der Waals surface area contributed by atoms with Crippen molar-refractivity contribution >= 4 is 35.5 Å². The Labute approximate surface area is 298 Å². The maximum Gasteiger partial charge on any atom is 0.333 e. The van der Waals surface area contributed by atoms with Crippen LogP contribution in [0.2, 0.25) is 0 Å². The van der Waals surface area contributed by atoms with Crippen molar-refractivity contribution in [1.82, 2.24) is 10.6 Å². The number of thioether (sulfide) groups is 1. The molecule has 0 spiro atoms. The lowest BCUT2D eigenvalue weighted by Crippen LogP contribution is -2.50. The Morgan fingerprint density at radius 3 is 1.88 bits per heavy atom. The molecule has 0 aliphatic rings. The summed E-state index contributed by atoms with van der Waals surface area (Å²) < 4.78 is 10.6. The van der Waals surface area contributed by atoms with Crippen LogP contribution in [-0.4, -0.2) is 54.8 Å². The van der Waals surface area contributed by atoms with Gasteiger partial charge in [-0.2, -0.15) is 11.8 Å². The monoisotopic (exact) mass is 697 g/mol. The van der Waals surface area contributed by atoms with E-state index in [0.717, 1.165) is 24.8 Å². The Morgan fingerprint density at radius 1 is 0.714 bits per heavy atom. The summed E-state index contributed by atoms with van der Waals surface area (Å²) in [6.07, 6.45) is 14.6. The third-order valence-electron chi connectivity index (χ3n) is 8.22. The van der Waals surface area contributed by atoms with E-state index < -0.39 is 41.9 Å². The molecule has 0 bridgehead atoms. The van der Waals surface area contributed by atoms with Crippen LogP contribution < -0.4 is 16.4 Å². The molecule has 0 fully saturated rings. The van der Waals surface area contributed by atoms with E-state index in [2.05, 4.69) is 17.6 Å². The highest BCUT2D eigenvalue weighted by Gasteiger charge is 2.29. The number of carbonyl (C=O) groups is 4. The van der Waals surface area contributed by atoms with Gasteiger partial charge in [0.1, 0.15) is 12.1 Å². The zero-order valence-corrected chi connectivity index (χ0v) is 30.5. The molecule has 3 unspecified atom stereocenters. The summed E-state index contributed by atoms with van der Waals surface area (Å²) in [6.45, 7) is 4.41. The number of hydrogen-bond acceptors (Lipinski definition) is 8. The molecular formula is C39H59N3O6S. The van der Waals surface area contributed by atoms with Gasteiger partial charge in [0.25, 0.3) is 0 Å². The number of rotatable bonds is 27. The van der Waals surface area contributed by atoms with Gasteiger partial charge in [-0.05, 0) is 30.9 Å². The van der Waals surface area contributed by atoms with Crippen molar-refractivity contribution in [3.63, 3.8) is 0 Å². The molecule has 0 aromatic heterocycles. The Hall–Kier alpha value is -3.37. The number of nitrogens with two attached hydrogens (primary N) is 1. The van der Waals surface area contributed by atoms with Crippen molar-refractivity contribution in [3.8, 4) is 0 Å². The minimum atomic E-state index is -1.03. The Kier molecular flexibility index (Phi) is 22.6. The summed E-state index contributed by atoms with van der Waals surface area (Å²) in [5.41, 5.74) is 7.55. The molecule has 10 heteroatoms. The SMILES string of the molecule is CCCCCCCCCCCCCCOC(=O)C(NC(=O)C(CSCc1ccccc1)NC(=O)CCC(N)C(=O)OCC)c1ccccc1. The lowest BCUT2D eigenvalue weighted by molar-refractivity contribution is -0.148. The van der Waals surface area contributed by atoms with E-state index in [0.29, 0.717) is 11.3 Å². The van der Waals surface area contributed by atoms with E-state index in [1.807, 2.05) is 36.4 Å². The molecule has 2 aromatic carbocycles. The van der Waals surface area contributed by atoms with Crippen LogP contribution in [-0.2, 0) is 34.4 Å². The average molecular weight is 698 g/mol. The molecule has 2 aromatic rings. The number of carbonyl (C=O) groups excluding carboxylic acids is 4. The summed E-state index contributed by atoms with van der Waals surface area (Å²) in [6, 6.07) is 15.9. The first-order valence-electron chi connectivity index (χ1n) is 18.2. The fraction of sp³-hybridized carbons (Fsp3) is 0.590. The van der Waals surface area contributed by atoms with Gasteiger partial charge in [-0.1, -0.05) is 138 Å². The normalized spacial score (nSPS) is 12.8. The summed E-state index contributed by atoms with van der Waals surface area (Å²) >= 11 is 1.49. The zero-order valence-electron chi connectivity index (χ0n) is 29.7. The van der Waals surface area contributed by atoms with Crippen LogP contribution in [0.1, 0.15) is 121 Å². The van der Waals surface area contributed by atoms with Crippen LogP contribution in [0.25, 0.3) is 0 Å². The van der Waals surface area contributed by atoms with Gasteiger partial charge in [0.15, 0.2) is 6.04 Å². The van der Waals surface area contributed by atoms with Gasteiger partial charge in [-0.25, -0.2) is 4.79 Å². The molecule has 0 aliphatic carbocycles. The summed E-state index contributed by atoms with van der Waals surface area (Å²) in [4.78, 5) is 51.8. The van der Waals surface area contributed by atoms with Gasteiger partial charge in [0.2, 0.25) is 11.8 Å². The van der Waals surface area contributed by atoms with Crippen molar-refractivity contribution in [1.29, 1.82) is 0 Å². The number of nitrogens with one attached hydrogen (secondary N) is 2. The van der Waals surface area contributed by atoms with E-state index in [1.165, 1.54) is 69.5 Å². The fourth-order valence-corrected chi connectivity index (χ4v) is 6.35. The van der Waals surface area contributed by atoms with Gasteiger partial charge in [-0.3, -0.25) is 14.4 Å². The minimum Gasteiger partial charge on any atom is -0.465 e. The van der Waals surface area contributed by atoms with Crippen molar-refractivity contribution < 1.29 is 28.7 Å². The number of hydrogen-bond donors (Lipinski definition) is 3. The van der Waals surface area contributed by atoms with Crippen LogP contribution in [0, 0.1) is 0 Å². The van der Waals surface area contributed by atoms with Gasteiger partial charge in [-0.15, -0.1) is 0 Å². The Balaban J connectivity index is 1.92. The minimum absolute atomic E-state index is 0.0592. The molecule has 0 aliphatic heterocycles. The molecule has 49 heavy (non-hydrogen) atoms. The predicted octanol–water partition coefficient (Wildman–Crippen LogP) is 7.18. The third-order valence-corrected chi connectivity index (χ3v) is 9.32. The summed E-state index contributed by atoms with van der Waals surface area (Å²) in [5.74, 6) is -1.13. The molecule has 3 atom stereocenters. The average Bonchev–Trinajstić information content (AvgIpc) is 3.11. The molecule has 9 nitrogen and oxygen atoms in total. The first kappa shape index (κ1) is 41.8. The lowest BCUT2D eigenvalue weighted by Gasteiger charge is -2.23. The van der Waals surface area contributed by atoms with E-state index in [9.17, 15) is 19.2 Å². The Bertz CT molecular complexity index is 1200. The van der Waals surface area contributed by atoms with Gasteiger partial charge in [0, 0.05) is 17.9 Å². The topological polar surface area (TPSA) is 137 Å². The maximum absolute atomic E-state index is 13.7. The molecule has 2 amide bonds. The highest BCUT2D eigenvalue weighted by atomic mass is 32.2. The van der Waals surface area contributed by atoms with E-state index in [1.54, 1.807) is 31.2 Å².